The lowest BCUT2D eigenvalue weighted by Gasteiger charge is -2.10. The second-order valence-electron chi connectivity index (χ2n) is 3.13. The van der Waals surface area contributed by atoms with E-state index in [1.54, 1.807) is 0 Å². The molecule has 14 heavy (non-hydrogen) atoms. The first-order valence-corrected chi connectivity index (χ1v) is 5.78. The molecule has 0 saturated heterocycles. The highest BCUT2D eigenvalue weighted by Gasteiger charge is 2.00. The standard InChI is InChI=1S/C12H14IN/c1-3-12(4-2)14-9-10-5-7-11(13)8-6-10/h1,5-8,12,14H,4,9H2,2H3. The minimum absolute atomic E-state index is 0.189. The van der Waals surface area contributed by atoms with Gasteiger partial charge in [-0.2, -0.15) is 0 Å². The van der Waals surface area contributed by atoms with Crippen molar-refractivity contribution in [1.82, 2.24) is 5.32 Å². The van der Waals surface area contributed by atoms with Crippen molar-refractivity contribution in [3.05, 3.63) is 33.4 Å². The first kappa shape index (κ1) is 11.5. The Labute approximate surface area is 99.4 Å². The number of terminal acetylenes is 1. The molecule has 0 heterocycles. The largest absolute Gasteiger partial charge is 0.300 e. The maximum absolute atomic E-state index is 5.36. The highest BCUT2D eigenvalue weighted by atomic mass is 127. The van der Waals surface area contributed by atoms with Crippen molar-refractivity contribution in [2.45, 2.75) is 25.9 Å². The molecule has 0 aliphatic heterocycles. The molecule has 1 aromatic carbocycles. The molecule has 1 rings (SSSR count). The Kier molecular flexibility index (Phi) is 4.99. The zero-order chi connectivity index (χ0) is 10.4. The molecule has 0 amide bonds. The van der Waals surface area contributed by atoms with Gasteiger partial charge < -0.3 is 0 Å². The Morgan fingerprint density at radius 2 is 2.07 bits per heavy atom. The van der Waals surface area contributed by atoms with Crippen molar-refractivity contribution >= 4 is 22.6 Å². The van der Waals surface area contributed by atoms with Crippen molar-refractivity contribution in [2.24, 2.45) is 0 Å². The second kappa shape index (κ2) is 6.05. The topological polar surface area (TPSA) is 12.0 Å². The highest BCUT2D eigenvalue weighted by Crippen LogP contribution is 2.06. The number of benzene rings is 1. The van der Waals surface area contributed by atoms with Crippen LogP contribution in [0.15, 0.2) is 24.3 Å². The summed E-state index contributed by atoms with van der Waals surface area (Å²) in [4.78, 5) is 0. The summed E-state index contributed by atoms with van der Waals surface area (Å²) in [6.07, 6.45) is 6.33. The summed E-state index contributed by atoms with van der Waals surface area (Å²) in [5.41, 5.74) is 1.28. The molecule has 0 bridgehead atoms. The second-order valence-corrected chi connectivity index (χ2v) is 4.38. The van der Waals surface area contributed by atoms with Crippen LogP contribution in [0, 0.1) is 15.9 Å². The quantitative estimate of drug-likeness (QED) is 0.666. The van der Waals surface area contributed by atoms with Crippen molar-refractivity contribution in [1.29, 1.82) is 0 Å². The molecule has 0 saturated carbocycles. The molecular weight excluding hydrogens is 285 g/mol. The van der Waals surface area contributed by atoms with Crippen LogP contribution >= 0.6 is 22.6 Å². The Morgan fingerprint density at radius 3 is 2.57 bits per heavy atom. The Balaban J connectivity index is 2.46. The van der Waals surface area contributed by atoms with Crippen LogP contribution in [0.25, 0.3) is 0 Å². The predicted molar refractivity (Wildman–Crippen MR) is 68.9 cm³/mol. The van der Waals surface area contributed by atoms with Gasteiger partial charge in [-0.15, -0.1) is 6.42 Å². The molecule has 0 spiro atoms. The van der Waals surface area contributed by atoms with E-state index >= 15 is 0 Å². The van der Waals surface area contributed by atoms with Gasteiger partial charge in [0.15, 0.2) is 0 Å². The van der Waals surface area contributed by atoms with Gasteiger partial charge in [-0.1, -0.05) is 25.0 Å². The van der Waals surface area contributed by atoms with Crippen molar-refractivity contribution in [2.75, 3.05) is 0 Å². The van der Waals surface area contributed by atoms with Gasteiger partial charge in [0.25, 0.3) is 0 Å². The molecule has 0 radical (unpaired) electrons. The lowest BCUT2D eigenvalue weighted by molar-refractivity contribution is 0.592. The summed E-state index contributed by atoms with van der Waals surface area (Å²) in [6.45, 7) is 2.94. The average Bonchev–Trinajstić information content (AvgIpc) is 2.22. The Morgan fingerprint density at radius 1 is 1.43 bits per heavy atom. The molecule has 74 valence electrons. The summed E-state index contributed by atoms with van der Waals surface area (Å²) in [5.74, 6) is 2.72. The smallest absolute Gasteiger partial charge is 0.0686 e. The molecule has 1 unspecified atom stereocenters. The van der Waals surface area contributed by atoms with Gasteiger partial charge in [-0.3, -0.25) is 5.32 Å². The average molecular weight is 299 g/mol. The molecule has 0 fully saturated rings. The number of halogens is 1. The Hall–Kier alpha value is -0.530. The van der Waals surface area contributed by atoms with Gasteiger partial charge in [0.05, 0.1) is 6.04 Å². The molecule has 0 aromatic heterocycles. The summed E-state index contributed by atoms with van der Waals surface area (Å²) in [6, 6.07) is 8.65. The summed E-state index contributed by atoms with van der Waals surface area (Å²) < 4.78 is 1.26. The predicted octanol–water partition coefficient (Wildman–Crippen LogP) is 2.79. The normalized spacial score (nSPS) is 12.1. The van der Waals surface area contributed by atoms with Crippen LogP contribution in [0.3, 0.4) is 0 Å². The third-order valence-corrected chi connectivity index (χ3v) is 2.79. The van der Waals surface area contributed by atoms with E-state index in [1.165, 1.54) is 9.13 Å². The summed E-state index contributed by atoms with van der Waals surface area (Å²) in [5, 5.41) is 3.32. The van der Waals surface area contributed by atoms with E-state index in [-0.39, 0.29) is 6.04 Å². The minimum atomic E-state index is 0.189. The van der Waals surface area contributed by atoms with Gasteiger partial charge in [-0.25, -0.2) is 0 Å². The first-order chi connectivity index (χ1) is 6.76. The zero-order valence-electron chi connectivity index (χ0n) is 8.26. The summed E-state index contributed by atoms with van der Waals surface area (Å²) in [7, 11) is 0. The van der Waals surface area contributed by atoms with Gasteiger partial charge in [0.2, 0.25) is 0 Å². The fraction of sp³-hybridized carbons (Fsp3) is 0.333. The molecule has 2 heteroatoms. The number of nitrogens with one attached hydrogen (secondary N) is 1. The van der Waals surface area contributed by atoms with E-state index in [1.807, 2.05) is 0 Å². The van der Waals surface area contributed by atoms with Gasteiger partial charge in [-0.05, 0) is 46.7 Å². The van der Waals surface area contributed by atoms with Gasteiger partial charge >= 0.3 is 0 Å². The molecule has 1 atom stereocenters. The summed E-state index contributed by atoms with van der Waals surface area (Å²) >= 11 is 2.30. The lowest BCUT2D eigenvalue weighted by Crippen LogP contribution is -2.26. The van der Waals surface area contributed by atoms with Crippen LogP contribution in [0.4, 0.5) is 0 Å². The van der Waals surface area contributed by atoms with E-state index in [9.17, 15) is 0 Å². The lowest BCUT2D eigenvalue weighted by atomic mass is 10.2. The molecule has 1 nitrogen and oxygen atoms in total. The maximum atomic E-state index is 5.36. The Bertz CT molecular complexity index is 310. The minimum Gasteiger partial charge on any atom is -0.300 e. The molecule has 1 N–H and O–H groups in total. The van der Waals surface area contributed by atoms with E-state index in [0.717, 1.165) is 13.0 Å². The van der Waals surface area contributed by atoms with E-state index in [4.69, 9.17) is 6.42 Å². The fourth-order valence-corrected chi connectivity index (χ4v) is 1.52. The third-order valence-electron chi connectivity index (χ3n) is 2.08. The molecule has 0 aliphatic rings. The third kappa shape index (κ3) is 3.69. The fourth-order valence-electron chi connectivity index (χ4n) is 1.16. The SMILES string of the molecule is C#CC(CC)NCc1ccc(I)cc1. The van der Waals surface area contributed by atoms with Crippen molar-refractivity contribution < 1.29 is 0 Å². The van der Waals surface area contributed by atoms with Crippen LogP contribution in [0.1, 0.15) is 18.9 Å². The van der Waals surface area contributed by atoms with E-state index < -0.39 is 0 Å². The van der Waals surface area contributed by atoms with Gasteiger partial charge in [0.1, 0.15) is 0 Å². The van der Waals surface area contributed by atoms with Crippen LogP contribution in [0.2, 0.25) is 0 Å². The van der Waals surface area contributed by atoms with Crippen LogP contribution in [-0.4, -0.2) is 6.04 Å². The van der Waals surface area contributed by atoms with Crippen LogP contribution < -0.4 is 5.32 Å². The number of hydrogen-bond acceptors (Lipinski definition) is 1. The highest BCUT2D eigenvalue weighted by molar-refractivity contribution is 14.1. The van der Waals surface area contributed by atoms with Crippen molar-refractivity contribution in [3.63, 3.8) is 0 Å². The maximum Gasteiger partial charge on any atom is 0.0686 e. The van der Waals surface area contributed by atoms with Crippen molar-refractivity contribution in [3.8, 4) is 12.3 Å². The molecular formula is C12H14IN. The van der Waals surface area contributed by atoms with Gasteiger partial charge in [0, 0.05) is 10.1 Å². The number of hydrogen-bond donors (Lipinski definition) is 1. The van der Waals surface area contributed by atoms with E-state index in [2.05, 4.69) is 65.0 Å². The first-order valence-electron chi connectivity index (χ1n) is 4.70. The number of rotatable bonds is 4. The molecule has 0 aliphatic carbocycles. The zero-order valence-corrected chi connectivity index (χ0v) is 10.4. The monoisotopic (exact) mass is 299 g/mol. The van der Waals surface area contributed by atoms with Crippen LogP contribution in [-0.2, 0) is 6.54 Å². The van der Waals surface area contributed by atoms with Crippen LogP contribution in [0.5, 0.6) is 0 Å². The van der Waals surface area contributed by atoms with E-state index in [0.29, 0.717) is 0 Å². The molecule has 1 aromatic rings.